The zero-order chi connectivity index (χ0) is 13.9. The number of benzene rings is 1. The average Bonchev–Trinajstić information content (AvgIpc) is 2.84. The lowest BCUT2D eigenvalue weighted by molar-refractivity contribution is -0.130. The lowest BCUT2D eigenvalue weighted by atomic mass is 9.88. The first-order valence-electron chi connectivity index (χ1n) is 6.76. The van der Waals surface area contributed by atoms with E-state index in [9.17, 15) is 4.79 Å². The quantitative estimate of drug-likeness (QED) is 0.819. The minimum absolute atomic E-state index is 0.152. The van der Waals surface area contributed by atoms with Gasteiger partial charge in [-0.3, -0.25) is 4.79 Å². The average molecular weight is 262 g/mol. The summed E-state index contributed by atoms with van der Waals surface area (Å²) < 4.78 is 5.11. The second-order valence-corrected chi connectivity index (χ2v) is 5.53. The molecule has 0 bridgehead atoms. The Bertz CT molecular complexity index is 465. The maximum atomic E-state index is 12.2. The molecule has 0 aliphatic heterocycles. The maximum absolute atomic E-state index is 12.2. The van der Waals surface area contributed by atoms with E-state index in [0.29, 0.717) is 18.0 Å². The van der Waals surface area contributed by atoms with Gasteiger partial charge in [0, 0.05) is 12.0 Å². The molecule has 0 spiro atoms. The van der Waals surface area contributed by atoms with Crippen molar-refractivity contribution in [2.24, 2.45) is 5.41 Å². The smallest absolute Gasteiger partial charge is 0.226 e. The monoisotopic (exact) mass is 262 g/mol. The van der Waals surface area contributed by atoms with Crippen LogP contribution in [0.25, 0.3) is 0 Å². The summed E-state index contributed by atoms with van der Waals surface area (Å²) in [5.41, 5.74) is 7.26. The van der Waals surface area contributed by atoms with Crippen LogP contribution < -0.4 is 15.8 Å². The minimum Gasteiger partial charge on any atom is -0.495 e. The predicted molar refractivity (Wildman–Crippen MR) is 75.8 cm³/mol. The highest BCUT2D eigenvalue weighted by Crippen LogP contribution is 2.37. The van der Waals surface area contributed by atoms with Crippen LogP contribution in [-0.2, 0) is 11.3 Å². The summed E-state index contributed by atoms with van der Waals surface area (Å²) in [5, 5.41) is 3.01. The number of carbonyl (C=O) groups is 1. The van der Waals surface area contributed by atoms with Crippen molar-refractivity contribution in [3.63, 3.8) is 0 Å². The Morgan fingerprint density at radius 1 is 1.42 bits per heavy atom. The number of methoxy groups -OCH3 is 1. The lowest BCUT2D eigenvalue weighted by Crippen LogP contribution is -2.36. The van der Waals surface area contributed by atoms with E-state index in [-0.39, 0.29) is 11.3 Å². The number of ether oxygens (including phenoxy) is 1. The van der Waals surface area contributed by atoms with Crippen LogP contribution in [0.2, 0.25) is 0 Å². The Morgan fingerprint density at radius 3 is 2.68 bits per heavy atom. The normalized spacial score (nSPS) is 17.2. The molecule has 1 amide bonds. The maximum Gasteiger partial charge on any atom is 0.226 e. The number of carbonyl (C=O) groups excluding carboxylic acids is 1. The zero-order valence-electron chi connectivity index (χ0n) is 11.7. The van der Waals surface area contributed by atoms with Gasteiger partial charge < -0.3 is 15.8 Å². The van der Waals surface area contributed by atoms with Gasteiger partial charge in [-0.2, -0.15) is 0 Å². The topological polar surface area (TPSA) is 64.3 Å². The summed E-state index contributed by atoms with van der Waals surface area (Å²) in [5.74, 6) is 0.817. The van der Waals surface area contributed by atoms with E-state index in [4.69, 9.17) is 10.5 Å². The van der Waals surface area contributed by atoms with E-state index < -0.39 is 0 Å². The molecule has 1 aliphatic rings. The first kappa shape index (κ1) is 13.7. The molecular formula is C15H22N2O2. The molecule has 2 rings (SSSR count). The van der Waals surface area contributed by atoms with Crippen LogP contribution in [0.5, 0.6) is 5.75 Å². The third-order valence-electron chi connectivity index (χ3n) is 4.00. The number of anilines is 1. The molecule has 0 atom stereocenters. The molecule has 4 heteroatoms. The SMILES string of the molecule is COc1ccc(CNC(=O)C2(C)CCCC2)cc1N. The molecule has 1 aromatic rings. The number of hydrogen-bond acceptors (Lipinski definition) is 3. The molecule has 0 unspecified atom stereocenters. The van der Waals surface area contributed by atoms with Crippen molar-refractivity contribution in [1.82, 2.24) is 5.32 Å². The number of nitrogen functional groups attached to an aromatic ring is 1. The van der Waals surface area contributed by atoms with Gasteiger partial charge in [0.15, 0.2) is 0 Å². The van der Waals surface area contributed by atoms with Crippen molar-refractivity contribution >= 4 is 11.6 Å². The first-order chi connectivity index (χ1) is 9.05. The molecule has 3 N–H and O–H groups in total. The number of nitrogens with one attached hydrogen (secondary N) is 1. The lowest BCUT2D eigenvalue weighted by Gasteiger charge is -2.22. The molecule has 1 aliphatic carbocycles. The van der Waals surface area contributed by atoms with Gasteiger partial charge in [-0.1, -0.05) is 25.8 Å². The van der Waals surface area contributed by atoms with Crippen LogP contribution in [0.15, 0.2) is 18.2 Å². The first-order valence-corrected chi connectivity index (χ1v) is 6.76. The van der Waals surface area contributed by atoms with Crippen molar-refractivity contribution in [2.75, 3.05) is 12.8 Å². The summed E-state index contributed by atoms with van der Waals surface area (Å²) >= 11 is 0. The van der Waals surface area contributed by atoms with Gasteiger partial charge in [-0.15, -0.1) is 0 Å². The molecule has 0 saturated heterocycles. The van der Waals surface area contributed by atoms with Crippen LogP contribution in [-0.4, -0.2) is 13.0 Å². The second kappa shape index (κ2) is 5.51. The fraction of sp³-hybridized carbons (Fsp3) is 0.533. The number of rotatable bonds is 4. The summed E-state index contributed by atoms with van der Waals surface area (Å²) in [7, 11) is 1.59. The van der Waals surface area contributed by atoms with Crippen molar-refractivity contribution in [3.05, 3.63) is 23.8 Å². The summed E-state index contributed by atoms with van der Waals surface area (Å²) in [6.45, 7) is 2.57. The predicted octanol–water partition coefficient (Wildman–Crippen LogP) is 2.47. The Kier molecular flexibility index (Phi) is 3.98. The van der Waals surface area contributed by atoms with Gasteiger partial charge in [0.1, 0.15) is 5.75 Å². The van der Waals surface area contributed by atoms with Gasteiger partial charge in [0.2, 0.25) is 5.91 Å². The van der Waals surface area contributed by atoms with Crippen molar-refractivity contribution in [3.8, 4) is 5.75 Å². The standard InChI is InChI=1S/C15H22N2O2/c1-15(7-3-4-8-15)14(18)17-10-11-5-6-13(19-2)12(16)9-11/h5-6,9H,3-4,7-8,10,16H2,1-2H3,(H,17,18). The molecule has 0 aromatic heterocycles. The highest BCUT2D eigenvalue weighted by molar-refractivity contribution is 5.82. The van der Waals surface area contributed by atoms with Crippen LogP contribution in [0.4, 0.5) is 5.69 Å². The van der Waals surface area contributed by atoms with Gasteiger partial charge in [-0.25, -0.2) is 0 Å². The molecule has 104 valence electrons. The summed E-state index contributed by atoms with van der Waals surface area (Å²) in [4.78, 5) is 12.2. The molecular weight excluding hydrogens is 240 g/mol. The van der Waals surface area contributed by atoms with Crippen LogP contribution in [0.3, 0.4) is 0 Å². The molecule has 1 fully saturated rings. The number of nitrogens with two attached hydrogens (primary N) is 1. The van der Waals surface area contributed by atoms with Crippen molar-refractivity contribution < 1.29 is 9.53 Å². The Balaban J connectivity index is 1.95. The van der Waals surface area contributed by atoms with Gasteiger partial charge >= 0.3 is 0 Å². The van der Waals surface area contributed by atoms with Crippen LogP contribution in [0, 0.1) is 5.41 Å². The van der Waals surface area contributed by atoms with Crippen LogP contribution >= 0.6 is 0 Å². The van der Waals surface area contributed by atoms with E-state index in [0.717, 1.165) is 31.2 Å². The van der Waals surface area contributed by atoms with Gasteiger partial charge in [0.25, 0.3) is 0 Å². The Labute approximate surface area is 114 Å². The molecule has 0 radical (unpaired) electrons. The molecule has 1 saturated carbocycles. The van der Waals surface area contributed by atoms with E-state index >= 15 is 0 Å². The van der Waals surface area contributed by atoms with E-state index in [1.54, 1.807) is 7.11 Å². The number of amides is 1. The van der Waals surface area contributed by atoms with E-state index in [1.165, 1.54) is 0 Å². The van der Waals surface area contributed by atoms with Gasteiger partial charge in [0.05, 0.1) is 12.8 Å². The Hall–Kier alpha value is -1.71. The molecule has 0 heterocycles. The second-order valence-electron chi connectivity index (χ2n) is 5.53. The summed E-state index contributed by atoms with van der Waals surface area (Å²) in [6.07, 6.45) is 4.28. The number of hydrogen-bond donors (Lipinski definition) is 2. The molecule has 1 aromatic carbocycles. The third-order valence-corrected chi connectivity index (χ3v) is 4.00. The molecule has 4 nitrogen and oxygen atoms in total. The highest BCUT2D eigenvalue weighted by Gasteiger charge is 2.35. The van der Waals surface area contributed by atoms with E-state index in [1.807, 2.05) is 18.2 Å². The van der Waals surface area contributed by atoms with Crippen molar-refractivity contribution in [1.29, 1.82) is 0 Å². The largest absolute Gasteiger partial charge is 0.495 e. The van der Waals surface area contributed by atoms with Gasteiger partial charge in [-0.05, 0) is 30.5 Å². The highest BCUT2D eigenvalue weighted by atomic mass is 16.5. The van der Waals surface area contributed by atoms with E-state index in [2.05, 4.69) is 12.2 Å². The Morgan fingerprint density at radius 2 is 2.11 bits per heavy atom. The van der Waals surface area contributed by atoms with Crippen molar-refractivity contribution in [2.45, 2.75) is 39.2 Å². The minimum atomic E-state index is -0.183. The third kappa shape index (κ3) is 3.00. The zero-order valence-corrected chi connectivity index (χ0v) is 11.7. The summed E-state index contributed by atoms with van der Waals surface area (Å²) in [6, 6.07) is 5.59. The van der Waals surface area contributed by atoms with Crippen LogP contribution in [0.1, 0.15) is 38.2 Å². The fourth-order valence-electron chi connectivity index (χ4n) is 2.67. The fourth-order valence-corrected chi connectivity index (χ4v) is 2.67. The molecule has 19 heavy (non-hydrogen) atoms.